The molecule has 0 fully saturated rings. The third-order valence-corrected chi connectivity index (χ3v) is 5.46. The highest BCUT2D eigenvalue weighted by molar-refractivity contribution is 6.46. The number of nitrogens with zero attached hydrogens (tertiary/aromatic N) is 2. The van der Waals surface area contributed by atoms with E-state index in [2.05, 4.69) is 19.2 Å². The number of aromatic nitrogens is 2. The monoisotopic (exact) mass is 432 g/mol. The van der Waals surface area contributed by atoms with Gasteiger partial charge in [-0.1, -0.05) is 41.9 Å². The molecule has 0 aliphatic rings. The van der Waals surface area contributed by atoms with Gasteiger partial charge in [-0.25, -0.2) is 4.57 Å². The molecule has 0 bridgehead atoms. The molecule has 0 unspecified atom stereocenters. The van der Waals surface area contributed by atoms with Crippen LogP contribution in [0.15, 0.2) is 79.1 Å². The molecule has 0 radical (unpaired) electrons. The molecule has 6 heteroatoms. The predicted octanol–water partition coefficient (Wildman–Crippen LogP) is 5.03. The summed E-state index contributed by atoms with van der Waals surface area (Å²) in [6, 6.07) is 20.8. The number of para-hydroxylation sites is 1. The molecule has 0 aliphatic carbocycles. The number of carbonyl (C=O) groups is 2. The van der Waals surface area contributed by atoms with E-state index in [0.29, 0.717) is 29.0 Å². The first kappa shape index (κ1) is 20.8. The lowest BCUT2D eigenvalue weighted by molar-refractivity contribution is -0.716. The van der Waals surface area contributed by atoms with Gasteiger partial charge in [0.25, 0.3) is 11.7 Å². The van der Waals surface area contributed by atoms with Crippen LogP contribution >= 0.6 is 11.6 Å². The van der Waals surface area contributed by atoms with E-state index in [-0.39, 0.29) is 0 Å². The van der Waals surface area contributed by atoms with Gasteiger partial charge in [-0.15, -0.1) is 0 Å². The maximum absolute atomic E-state index is 13.1. The van der Waals surface area contributed by atoms with Crippen molar-refractivity contribution in [3.8, 4) is 0 Å². The number of benzene rings is 2. The summed E-state index contributed by atoms with van der Waals surface area (Å²) in [6.45, 7) is 4.60. The summed E-state index contributed by atoms with van der Waals surface area (Å²) in [4.78, 5) is 25.9. The molecule has 31 heavy (non-hydrogen) atoms. The predicted molar refractivity (Wildman–Crippen MR) is 122 cm³/mol. The van der Waals surface area contributed by atoms with Gasteiger partial charge in [0, 0.05) is 34.6 Å². The molecule has 1 amide bonds. The van der Waals surface area contributed by atoms with Crippen molar-refractivity contribution in [1.82, 2.24) is 4.57 Å². The summed E-state index contributed by atoms with van der Waals surface area (Å²) in [7, 11) is 0. The van der Waals surface area contributed by atoms with E-state index in [4.69, 9.17) is 11.6 Å². The van der Waals surface area contributed by atoms with Crippen LogP contribution in [0.2, 0.25) is 5.02 Å². The highest BCUT2D eigenvalue weighted by atomic mass is 35.5. The summed E-state index contributed by atoms with van der Waals surface area (Å²) in [6.07, 6.45) is 3.75. The van der Waals surface area contributed by atoms with Crippen molar-refractivity contribution in [1.29, 1.82) is 0 Å². The van der Waals surface area contributed by atoms with Crippen LogP contribution in [0.1, 0.15) is 35.9 Å². The molecule has 0 saturated carbocycles. The van der Waals surface area contributed by atoms with E-state index in [1.807, 2.05) is 70.1 Å². The molecule has 1 N–H and O–H groups in total. The van der Waals surface area contributed by atoms with Crippen LogP contribution in [-0.2, 0) is 11.3 Å². The average molecular weight is 433 g/mol. The fourth-order valence-corrected chi connectivity index (χ4v) is 3.64. The normalized spacial score (nSPS) is 11.1. The number of halogens is 1. The first-order chi connectivity index (χ1) is 14.9. The number of carbonyl (C=O) groups excluding carboxylic acids is 2. The summed E-state index contributed by atoms with van der Waals surface area (Å²) >= 11 is 6.00. The lowest BCUT2D eigenvalue weighted by Crippen LogP contribution is -2.35. The van der Waals surface area contributed by atoms with Crippen LogP contribution in [0, 0.1) is 0 Å². The van der Waals surface area contributed by atoms with Gasteiger partial charge in [0.15, 0.2) is 18.4 Å². The molecule has 2 aromatic heterocycles. The number of rotatable bonds is 6. The van der Waals surface area contributed by atoms with Crippen molar-refractivity contribution in [3.05, 3.63) is 95.4 Å². The van der Waals surface area contributed by atoms with E-state index in [1.54, 1.807) is 18.2 Å². The van der Waals surface area contributed by atoms with Crippen molar-refractivity contribution in [3.63, 3.8) is 0 Å². The molecule has 2 heterocycles. The smallest absolute Gasteiger partial charge is 0.298 e. The van der Waals surface area contributed by atoms with Gasteiger partial charge in [0.2, 0.25) is 0 Å². The zero-order valence-electron chi connectivity index (χ0n) is 17.4. The van der Waals surface area contributed by atoms with Crippen molar-refractivity contribution in [2.45, 2.75) is 26.4 Å². The third-order valence-electron chi connectivity index (χ3n) is 5.21. The Morgan fingerprint density at radius 3 is 2.35 bits per heavy atom. The van der Waals surface area contributed by atoms with Crippen LogP contribution in [0.25, 0.3) is 10.9 Å². The van der Waals surface area contributed by atoms with Gasteiger partial charge in [-0.3, -0.25) is 9.59 Å². The molecule has 4 aromatic rings. The zero-order valence-corrected chi connectivity index (χ0v) is 18.1. The number of ketones is 1. The Kier molecular flexibility index (Phi) is 5.87. The van der Waals surface area contributed by atoms with Crippen LogP contribution in [0.3, 0.4) is 0 Å². The molecular weight excluding hydrogens is 410 g/mol. The minimum Gasteiger partial charge on any atom is -0.333 e. The van der Waals surface area contributed by atoms with E-state index >= 15 is 0 Å². The number of hydrogen-bond donors (Lipinski definition) is 1. The Morgan fingerprint density at radius 1 is 1.00 bits per heavy atom. The van der Waals surface area contributed by atoms with Gasteiger partial charge in [-0.05, 0) is 43.7 Å². The average Bonchev–Trinajstić information content (AvgIpc) is 3.13. The first-order valence-electron chi connectivity index (χ1n) is 10.1. The second-order valence-electron chi connectivity index (χ2n) is 7.71. The lowest BCUT2D eigenvalue weighted by atomic mass is 10.2. The number of amides is 1. The fourth-order valence-electron chi connectivity index (χ4n) is 3.51. The van der Waals surface area contributed by atoms with Gasteiger partial charge in [-0.2, -0.15) is 0 Å². The van der Waals surface area contributed by atoms with Crippen LogP contribution < -0.4 is 9.88 Å². The van der Waals surface area contributed by atoms with Crippen molar-refractivity contribution in [2.24, 2.45) is 0 Å². The first-order valence-corrected chi connectivity index (χ1v) is 10.5. The van der Waals surface area contributed by atoms with Gasteiger partial charge < -0.3 is 9.88 Å². The maximum Gasteiger partial charge on any atom is 0.298 e. The molecule has 0 atom stereocenters. The Hall–Kier alpha value is -3.44. The molecule has 0 spiro atoms. The van der Waals surface area contributed by atoms with Crippen molar-refractivity contribution < 1.29 is 14.2 Å². The largest absolute Gasteiger partial charge is 0.333 e. The number of pyridine rings is 1. The van der Waals surface area contributed by atoms with Crippen molar-refractivity contribution >= 4 is 39.9 Å². The highest BCUT2D eigenvalue weighted by Crippen LogP contribution is 2.23. The number of anilines is 1. The van der Waals surface area contributed by atoms with E-state index in [9.17, 15) is 9.59 Å². The topological polar surface area (TPSA) is 55.0 Å². The molecule has 0 saturated heterocycles. The van der Waals surface area contributed by atoms with E-state index in [0.717, 1.165) is 16.5 Å². The number of fused-ring (bicyclic) bond motifs is 1. The maximum atomic E-state index is 13.1. The van der Waals surface area contributed by atoms with Gasteiger partial charge in [0.1, 0.15) is 0 Å². The highest BCUT2D eigenvalue weighted by Gasteiger charge is 2.23. The quantitative estimate of drug-likeness (QED) is 0.264. The van der Waals surface area contributed by atoms with Gasteiger partial charge >= 0.3 is 0 Å². The Labute approximate surface area is 185 Å². The molecule has 4 rings (SSSR count). The number of Topliss-reactive ketones (excluding diaryl/α,β-unsaturated/α-hetero) is 1. The third kappa shape index (κ3) is 4.52. The van der Waals surface area contributed by atoms with Crippen LogP contribution in [-0.4, -0.2) is 16.3 Å². The second-order valence-corrected chi connectivity index (χ2v) is 8.15. The SMILES string of the molecule is CC(C)[n+]1ccc(NC(=O)C(=O)c2cc3ccccc3n2Cc2ccc(Cl)cc2)cc1. The lowest BCUT2D eigenvalue weighted by Gasteiger charge is -2.11. The summed E-state index contributed by atoms with van der Waals surface area (Å²) in [5.74, 6) is -1.24. The number of hydrogen-bond acceptors (Lipinski definition) is 2. The number of nitrogens with one attached hydrogen (secondary N) is 1. The van der Waals surface area contributed by atoms with E-state index in [1.165, 1.54) is 0 Å². The van der Waals surface area contributed by atoms with Gasteiger partial charge in [0.05, 0.1) is 11.4 Å². The molecule has 0 aliphatic heterocycles. The summed E-state index contributed by atoms with van der Waals surface area (Å²) in [5, 5.41) is 4.28. The van der Waals surface area contributed by atoms with Crippen LogP contribution in [0.4, 0.5) is 5.69 Å². The fraction of sp³-hybridized carbons (Fsp3) is 0.160. The van der Waals surface area contributed by atoms with E-state index < -0.39 is 11.7 Å². The standard InChI is InChI=1S/C25H22ClN3O2/c1-17(2)28-13-11-21(12-14-28)27-25(31)24(30)23-15-19-5-3-4-6-22(19)29(23)16-18-7-9-20(26)10-8-18/h3-15,17H,16H2,1-2H3/p+1. The minimum absolute atomic E-state index is 0.315. The Balaban J connectivity index is 1.63. The van der Waals surface area contributed by atoms with Crippen LogP contribution in [0.5, 0.6) is 0 Å². The Morgan fingerprint density at radius 2 is 1.68 bits per heavy atom. The molecule has 156 valence electrons. The van der Waals surface area contributed by atoms with Crippen molar-refractivity contribution in [2.75, 3.05) is 5.32 Å². The molecule has 2 aromatic carbocycles. The summed E-state index contributed by atoms with van der Waals surface area (Å²) in [5.41, 5.74) is 2.81. The Bertz CT molecular complexity index is 1240. The zero-order chi connectivity index (χ0) is 22.0. The second kappa shape index (κ2) is 8.74. The molecular formula is C25H23ClN3O2+. The molecule has 5 nitrogen and oxygen atoms in total. The summed E-state index contributed by atoms with van der Waals surface area (Å²) < 4.78 is 3.89. The minimum atomic E-state index is -0.664.